The van der Waals surface area contributed by atoms with Crippen molar-refractivity contribution in [3.8, 4) is 5.75 Å². The SMILES string of the molecule is COC(=O)[C@@]1(NC(=O)c2sc(C)cc2OC(F)F)CCOC1. The number of methoxy groups -OCH3 is 1. The van der Waals surface area contributed by atoms with Crippen molar-refractivity contribution >= 4 is 23.2 Å². The lowest BCUT2D eigenvalue weighted by atomic mass is 9.99. The molecule has 0 aliphatic carbocycles. The molecule has 0 unspecified atom stereocenters. The number of thiophene rings is 1. The summed E-state index contributed by atoms with van der Waals surface area (Å²) in [6, 6.07) is 1.35. The van der Waals surface area contributed by atoms with Gasteiger partial charge in [-0.15, -0.1) is 11.3 Å². The van der Waals surface area contributed by atoms with Crippen molar-refractivity contribution in [2.75, 3.05) is 20.3 Å². The van der Waals surface area contributed by atoms with Crippen LogP contribution in [0.15, 0.2) is 6.07 Å². The average molecular weight is 335 g/mol. The van der Waals surface area contributed by atoms with E-state index >= 15 is 0 Å². The molecule has 1 N–H and O–H groups in total. The highest BCUT2D eigenvalue weighted by Crippen LogP contribution is 2.31. The van der Waals surface area contributed by atoms with Crippen LogP contribution in [-0.2, 0) is 14.3 Å². The van der Waals surface area contributed by atoms with Gasteiger partial charge in [0.2, 0.25) is 0 Å². The number of carbonyl (C=O) groups is 2. The summed E-state index contributed by atoms with van der Waals surface area (Å²) in [5.74, 6) is -1.53. The molecule has 1 aliphatic rings. The molecule has 9 heteroatoms. The lowest BCUT2D eigenvalue weighted by molar-refractivity contribution is -0.148. The molecule has 122 valence electrons. The molecule has 1 aliphatic heterocycles. The zero-order valence-electron chi connectivity index (χ0n) is 12.0. The first-order valence-electron chi connectivity index (χ1n) is 6.42. The lowest BCUT2D eigenvalue weighted by Crippen LogP contribution is -2.55. The Morgan fingerprint density at radius 3 is 2.77 bits per heavy atom. The first-order chi connectivity index (χ1) is 10.4. The molecule has 0 spiro atoms. The predicted octanol–water partition coefficient (Wildman–Crippen LogP) is 1.72. The second kappa shape index (κ2) is 6.57. The predicted molar refractivity (Wildman–Crippen MR) is 73.3 cm³/mol. The number of rotatable bonds is 5. The highest BCUT2D eigenvalue weighted by atomic mass is 32.1. The van der Waals surface area contributed by atoms with Gasteiger partial charge >= 0.3 is 12.6 Å². The number of halogens is 2. The van der Waals surface area contributed by atoms with Crippen molar-refractivity contribution < 1.29 is 32.6 Å². The molecule has 1 fully saturated rings. The summed E-state index contributed by atoms with van der Waals surface area (Å²) < 4.78 is 39.0. The fraction of sp³-hybridized carbons (Fsp3) is 0.538. The summed E-state index contributed by atoms with van der Waals surface area (Å²) in [6.45, 7) is -1.11. The van der Waals surface area contributed by atoms with Crippen LogP contribution in [-0.4, -0.2) is 44.4 Å². The summed E-state index contributed by atoms with van der Waals surface area (Å²) in [5, 5.41) is 2.53. The van der Waals surface area contributed by atoms with Gasteiger partial charge in [0.05, 0.1) is 13.7 Å². The summed E-state index contributed by atoms with van der Waals surface area (Å²) >= 11 is 1.00. The van der Waals surface area contributed by atoms with Crippen molar-refractivity contribution in [1.82, 2.24) is 5.32 Å². The van der Waals surface area contributed by atoms with Crippen LogP contribution in [0.5, 0.6) is 5.75 Å². The third-order valence-electron chi connectivity index (χ3n) is 3.19. The molecule has 0 bridgehead atoms. The Morgan fingerprint density at radius 1 is 1.50 bits per heavy atom. The lowest BCUT2D eigenvalue weighted by Gasteiger charge is -2.25. The zero-order chi connectivity index (χ0) is 16.3. The number of alkyl halides is 2. The minimum absolute atomic E-state index is 0.0204. The minimum Gasteiger partial charge on any atom is -0.467 e. The number of ether oxygens (including phenoxy) is 3. The van der Waals surface area contributed by atoms with Gasteiger partial charge in [-0.25, -0.2) is 4.79 Å². The molecule has 2 rings (SSSR count). The molecule has 0 radical (unpaired) electrons. The molecule has 1 aromatic rings. The first-order valence-corrected chi connectivity index (χ1v) is 7.23. The third-order valence-corrected chi connectivity index (χ3v) is 4.22. The highest BCUT2D eigenvalue weighted by molar-refractivity contribution is 7.14. The number of hydrogen-bond acceptors (Lipinski definition) is 6. The van der Waals surface area contributed by atoms with Gasteiger partial charge in [0.25, 0.3) is 5.91 Å². The Kier molecular flexibility index (Phi) is 4.97. The summed E-state index contributed by atoms with van der Waals surface area (Å²) in [6.07, 6.45) is 0.251. The minimum atomic E-state index is -3.04. The van der Waals surface area contributed by atoms with Gasteiger partial charge < -0.3 is 19.5 Å². The van der Waals surface area contributed by atoms with E-state index in [0.717, 1.165) is 11.3 Å². The van der Waals surface area contributed by atoms with E-state index in [-0.39, 0.29) is 23.7 Å². The van der Waals surface area contributed by atoms with Crippen LogP contribution in [0.2, 0.25) is 0 Å². The average Bonchev–Trinajstić information content (AvgIpc) is 3.05. The number of nitrogens with one attached hydrogen (secondary N) is 1. The van der Waals surface area contributed by atoms with Crippen LogP contribution in [0, 0.1) is 6.92 Å². The molecule has 1 atom stereocenters. The van der Waals surface area contributed by atoms with E-state index in [1.165, 1.54) is 13.2 Å². The number of aryl methyl sites for hydroxylation is 1. The standard InChI is InChI=1S/C13H15F2NO5S/c1-7-5-8(21-12(14)15)9(22-7)10(17)16-13(11(18)19-2)3-4-20-6-13/h5,12H,3-4,6H2,1-2H3,(H,16,17)/t13-/m1/s1. The molecule has 1 saturated heterocycles. The van der Waals surface area contributed by atoms with E-state index in [1.807, 2.05) is 0 Å². The normalized spacial score (nSPS) is 21.0. The Balaban J connectivity index is 2.22. The molecule has 1 aromatic heterocycles. The number of amides is 1. The Labute approximate surface area is 129 Å². The van der Waals surface area contributed by atoms with E-state index in [1.54, 1.807) is 6.92 Å². The second-order valence-corrected chi connectivity index (χ2v) is 6.02. The maximum absolute atomic E-state index is 12.4. The molecule has 22 heavy (non-hydrogen) atoms. The van der Waals surface area contributed by atoms with Gasteiger partial charge in [-0.2, -0.15) is 8.78 Å². The van der Waals surface area contributed by atoms with Crippen LogP contribution in [0.1, 0.15) is 21.0 Å². The molecule has 0 saturated carbocycles. The van der Waals surface area contributed by atoms with E-state index in [0.29, 0.717) is 11.5 Å². The molecular weight excluding hydrogens is 320 g/mol. The van der Waals surface area contributed by atoms with Gasteiger partial charge in [-0.1, -0.05) is 0 Å². The Bertz CT molecular complexity index is 569. The summed E-state index contributed by atoms with van der Waals surface area (Å²) in [7, 11) is 1.20. The highest BCUT2D eigenvalue weighted by Gasteiger charge is 2.45. The van der Waals surface area contributed by atoms with Gasteiger partial charge in [-0.05, 0) is 13.0 Å². The van der Waals surface area contributed by atoms with E-state index < -0.39 is 24.0 Å². The first kappa shape index (κ1) is 16.6. The molecular formula is C13H15F2NO5S. The van der Waals surface area contributed by atoms with Crippen LogP contribution in [0.25, 0.3) is 0 Å². The van der Waals surface area contributed by atoms with Crippen molar-refractivity contribution in [2.24, 2.45) is 0 Å². The molecule has 6 nitrogen and oxygen atoms in total. The van der Waals surface area contributed by atoms with Gasteiger partial charge in [0.15, 0.2) is 5.54 Å². The van der Waals surface area contributed by atoms with Crippen molar-refractivity contribution in [3.05, 3.63) is 15.8 Å². The second-order valence-electron chi connectivity index (χ2n) is 4.76. The van der Waals surface area contributed by atoms with Crippen LogP contribution in [0.3, 0.4) is 0 Å². The van der Waals surface area contributed by atoms with E-state index in [4.69, 9.17) is 9.47 Å². The maximum Gasteiger partial charge on any atom is 0.387 e. The number of hydrogen-bond donors (Lipinski definition) is 1. The van der Waals surface area contributed by atoms with E-state index in [9.17, 15) is 18.4 Å². The topological polar surface area (TPSA) is 73.9 Å². The summed E-state index contributed by atoms with van der Waals surface area (Å²) in [5.41, 5.74) is -1.30. The fourth-order valence-corrected chi connectivity index (χ4v) is 3.02. The number of esters is 1. The number of carbonyl (C=O) groups excluding carboxylic acids is 2. The summed E-state index contributed by atoms with van der Waals surface area (Å²) in [4.78, 5) is 24.9. The van der Waals surface area contributed by atoms with Gasteiger partial charge in [0, 0.05) is 17.9 Å². The monoisotopic (exact) mass is 335 g/mol. The molecule has 1 amide bonds. The van der Waals surface area contributed by atoms with Crippen molar-refractivity contribution in [1.29, 1.82) is 0 Å². The third kappa shape index (κ3) is 3.36. The van der Waals surface area contributed by atoms with Gasteiger partial charge in [-0.3, -0.25) is 4.79 Å². The van der Waals surface area contributed by atoms with Crippen LogP contribution < -0.4 is 10.1 Å². The Hall–Kier alpha value is -1.74. The molecule has 0 aromatic carbocycles. The van der Waals surface area contributed by atoms with Crippen molar-refractivity contribution in [3.63, 3.8) is 0 Å². The van der Waals surface area contributed by atoms with Crippen LogP contribution in [0.4, 0.5) is 8.78 Å². The maximum atomic E-state index is 12.4. The molecule has 2 heterocycles. The van der Waals surface area contributed by atoms with E-state index in [2.05, 4.69) is 10.1 Å². The smallest absolute Gasteiger partial charge is 0.387 e. The quantitative estimate of drug-likeness (QED) is 0.830. The largest absolute Gasteiger partial charge is 0.467 e. The zero-order valence-corrected chi connectivity index (χ0v) is 12.8. The van der Waals surface area contributed by atoms with Crippen molar-refractivity contribution in [2.45, 2.75) is 25.5 Å². The van der Waals surface area contributed by atoms with Crippen LogP contribution >= 0.6 is 11.3 Å². The van der Waals surface area contributed by atoms with Gasteiger partial charge in [0.1, 0.15) is 10.6 Å². The Morgan fingerprint density at radius 2 is 2.23 bits per heavy atom. The fourth-order valence-electron chi connectivity index (χ4n) is 2.18.